The van der Waals surface area contributed by atoms with Gasteiger partial charge < -0.3 is 25.0 Å². The Bertz CT molecular complexity index is 413. The maximum Gasteiger partial charge on any atom is 0.354 e. The molecule has 2 unspecified atom stereocenters. The van der Waals surface area contributed by atoms with E-state index in [-0.39, 0.29) is 11.3 Å². The zero-order valence-electron chi connectivity index (χ0n) is 9.08. The number of H-pyrrole nitrogens is 1. The molecule has 1 aromatic heterocycles. The number of aliphatic carboxylic acids is 1. The number of aliphatic hydroxyl groups is 2. The third kappa shape index (κ3) is 3.30. The predicted molar refractivity (Wildman–Crippen MR) is 55.4 cm³/mol. The Morgan fingerprint density at radius 2 is 2.12 bits per heavy atom. The van der Waals surface area contributed by atoms with Gasteiger partial charge in [0.2, 0.25) is 0 Å². The summed E-state index contributed by atoms with van der Waals surface area (Å²) in [4.78, 5) is 24.0. The number of carbonyl (C=O) groups excluding carboxylic acids is 1. The van der Waals surface area contributed by atoms with E-state index in [1.165, 1.54) is 19.4 Å². The van der Waals surface area contributed by atoms with Crippen molar-refractivity contribution in [3.8, 4) is 0 Å². The number of carboxylic acid groups (broad SMARTS) is 1. The van der Waals surface area contributed by atoms with Gasteiger partial charge in [-0.3, -0.25) is 4.79 Å². The van der Waals surface area contributed by atoms with Gasteiger partial charge in [0.05, 0.1) is 19.6 Å². The zero-order valence-corrected chi connectivity index (χ0v) is 9.08. The second kappa shape index (κ2) is 5.46. The first-order valence-electron chi connectivity index (χ1n) is 4.80. The average molecular weight is 243 g/mol. The first kappa shape index (κ1) is 13.2. The molecule has 0 bridgehead atoms. The number of hydrogen-bond acceptors (Lipinski definition) is 5. The number of hydrogen-bond donors (Lipinski definition) is 4. The number of methoxy groups -OCH3 is 1. The van der Waals surface area contributed by atoms with Gasteiger partial charge in [-0.2, -0.15) is 0 Å². The summed E-state index contributed by atoms with van der Waals surface area (Å²) in [7, 11) is 1.21. The molecule has 0 aliphatic heterocycles. The summed E-state index contributed by atoms with van der Waals surface area (Å²) in [6, 6.07) is 1.29. The van der Waals surface area contributed by atoms with Gasteiger partial charge in [-0.15, -0.1) is 0 Å². The van der Waals surface area contributed by atoms with Crippen LogP contribution in [0.3, 0.4) is 0 Å². The van der Waals surface area contributed by atoms with E-state index in [1.54, 1.807) is 0 Å². The fourth-order valence-electron chi connectivity index (χ4n) is 1.32. The van der Waals surface area contributed by atoms with E-state index in [2.05, 4.69) is 9.72 Å². The summed E-state index contributed by atoms with van der Waals surface area (Å²) in [5.74, 6) is -1.84. The lowest BCUT2D eigenvalue weighted by atomic mass is 10.1. The van der Waals surface area contributed by atoms with E-state index in [9.17, 15) is 19.8 Å². The van der Waals surface area contributed by atoms with E-state index in [1.807, 2.05) is 0 Å². The Morgan fingerprint density at radius 1 is 1.47 bits per heavy atom. The molecule has 1 rings (SSSR count). The van der Waals surface area contributed by atoms with Gasteiger partial charge in [-0.1, -0.05) is 0 Å². The number of carbonyl (C=O) groups is 2. The maximum absolute atomic E-state index is 11.1. The molecular formula is C10H13NO6. The van der Waals surface area contributed by atoms with Gasteiger partial charge in [-0.05, 0) is 6.07 Å². The molecule has 0 radical (unpaired) electrons. The van der Waals surface area contributed by atoms with Crippen molar-refractivity contribution >= 4 is 11.9 Å². The van der Waals surface area contributed by atoms with Crippen LogP contribution in [0.15, 0.2) is 12.3 Å². The minimum atomic E-state index is -1.44. The molecule has 0 aliphatic carbocycles. The number of carboxylic acids is 1. The molecule has 0 amide bonds. The number of ether oxygens (including phenoxy) is 1. The number of nitrogens with one attached hydrogen (secondary N) is 1. The quantitative estimate of drug-likeness (QED) is 0.525. The van der Waals surface area contributed by atoms with Crippen molar-refractivity contribution in [1.29, 1.82) is 0 Å². The molecule has 17 heavy (non-hydrogen) atoms. The van der Waals surface area contributed by atoms with Crippen LogP contribution in [0.1, 0.15) is 28.6 Å². The van der Waals surface area contributed by atoms with Crippen LogP contribution in [0, 0.1) is 0 Å². The van der Waals surface area contributed by atoms with Crippen LogP contribution in [0.4, 0.5) is 0 Å². The fourth-order valence-corrected chi connectivity index (χ4v) is 1.32. The van der Waals surface area contributed by atoms with Crippen molar-refractivity contribution in [2.24, 2.45) is 0 Å². The Morgan fingerprint density at radius 3 is 2.65 bits per heavy atom. The van der Waals surface area contributed by atoms with E-state index in [0.717, 1.165) is 0 Å². The highest BCUT2D eigenvalue weighted by Gasteiger charge is 2.23. The highest BCUT2D eigenvalue weighted by molar-refractivity contribution is 5.87. The highest BCUT2D eigenvalue weighted by atomic mass is 16.5. The van der Waals surface area contributed by atoms with Crippen molar-refractivity contribution in [2.75, 3.05) is 7.11 Å². The first-order chi connectivity index (χ1) is 7.95. The van der Waals surface area contributed by atoms with Crippen LogP contribution in [0.5, 0.6) is 0 Å². The molecule has 7 heteroatoms. The second-order valence-corrected chi connectivity index (χ2v) is 3.45. The van der Waals surface area contributed by atoms with Gasteiger partial charge in [0.25, 0.3) is 0 Å². The van der Waals surface area contributed by atoms with E-state index >= 15 is 0 Å². The van der Waals surface area contributed by atoms with Crippen molar-refractivity contribution < 1.29 is 29.6 Å². The summed E-state index contributed by atoms with van der Waals surface area (Å²) in [6.07, 6.45) is -2.09. The lowest BCUT2D eigenvalue weighted by Gasteiger charge is -2.14. The monoisotopic (exact) mass is 243 g/mol. The van der Waals surface area contributed by atoms with Crippen LogP contribution in [0.2, 0.25) is 0 Å². The van der Waals surface area contributed by atoms with E-state index in [4.69, 9.17) is 5.11 Å². The standard InChI is InChI=1S/C10H13NO6/c1-17-10(16)6-2-5(4-11-6)9(15)7(12)3-8(13)14/h2,4,7,9,11-12,15H,3H2,1H3,(H,13,14). The van der Waals surface area contributed by atoms with Crippen molar-refractivity contribution in [2.45, 2.75) is 18.6 Å². The summed E-state index contributed by atoms with van der Waals surface area (Å²) in [5.41, 5.74) is 0.336. The summed E-state index contributed by atoms with van der Waals surface area (Å²) in [6.45, 7) is 0. The highest BCUT2D eigenvalue weighted by Crippen LogP contribution is 2.20. The molecule has 2 atom stereocenters. The molecule has 0 saturated carbocycles. The fraction of sp³-hybridized carbons (Fsp3) is 0.400. The van der Waals surface area contributed by atoms with Gasteiger partial charge in [0, 0.05) is 11.8 Å². The zero-order chi connectivity index (χ0) is 13.0. The summed E-state index contributed by atoms with van der Waals surface area (Å²) >= 11 is 0. The lowest BCUT2D eigenvalue weighted by molar-refractivity contribution is -0.141. The molecule has 0 aromatic carbocycles. The lowest BCUT2D eigenvalue weighted by Crippen LogP contribution is -2.21. The Labute approximate surface area is 96.6 Å². The second-order valence-electron chi connectivity index (χ2n) is 3.45. The van der Waals surface area contributed by atoms with Gasteiger partial charge in [0.1, 0.15) is 11.8 Å². The molecule has 1 heterocycles. The van der Waals surface area contributed by atoms with Crippen LogP contribution in [0.25, 0.3) is 0 Å². The number of esters is 1. The van der Waals surface area contributed by atoms with Crippen LogP contribution in [-0.2, 0) is 9.53 Å². The SMILES string of the molecule is COC(=O)c1cc(C(O)C(O)CC(=O)O)c[nH]1. The molecule has 7 nitrogen and oxygen atoms in total. The largest absolute Gasteiger partial charge is 0.481 e. The molecule has 1 aromatic rings. The minimum Gasteiger partial charge on any atom is -0.481 e. The number of rotatable bonds is 5. The van der Waals surface area contributed by atoms with E-state index in [0.29, 0.717) is 0 Å². The molecule has 4 N–H and O–H groups in total. The van der Waals surface area contributed by atoms with Crippen LogP contribution in [-0.4, -0.2) is 45.5 Å². The normalized spacial score (nSPS) is 14.1. The molecular weight excluding hydrogens is 230 g/mol. The maximum atomic E-state index is 11.1. The summed E-state index contributed by atoms with van der Waals surface area (Å²) < 4.78 is 4.45. The third-order valence-corrected chi connectivity index (χ3v) is 2.20. The smallest absolute Gasteiger partial charge is 0.354 e. The molecule has 0 fully saturated rings. The predicted octanol–water partition coefficient (Wildman–Crippen LogP) is -0.330. The first-order valence-corrected chi connectivity index (χ1v) is 4.80. The van der Waals surface area contributed by atoms with Gasteiger partial charge in [0.15, 0.2) is 0 Å². The van der Waals surface area contributed by atoms with Crippen molar-refractivity contribution in [3.63, 3.8) is 0 Å². The Hall–Kier alpha value is -1.86. The van der Waals surface area contributed by atoms with E-state index < -0.39 is 30.6 Å². The number of aromatic nitrogens is 1. The molecule has 0 aliphatic rings. The summed E-state index contributed by atoms with van der Waals surface area (Å²) in [5, 5.41) is 27.5. The van der Waals surface area contributed by atoms with Gasteiger partial charge in [-0.25, -0.2) is 4.79 Å². The Kier molecular flexibility index (Phi) is 4.24. The van der Waals surface area contributed by atoms with Crippen LogP contribution >= 0.6 is 0 Å². The topological polar surface area (TPSA) is 120 Å². The van der Waals surface area contributed by atoms with Crippen molar-refractivity contribution in [3.05, 3.63) is 23.5 Å². The molecule has 0 saturated heterocycles. The van der Waals surface area contributed by atoms with Crippen molar-refractivity contribution in [1.82, 2.24) is 4.98 Å². The average Bonchev–Trinajstić information content (AvgIpc) is 2.75. The Balaban J connectivity index is 2.75. The third-order valence-electron chi connectivity index (χ3n) is 2.20. The number of aromatic amines is 1. The molecule has 94 valence electrons. The van der Waals surface area contributed by atoms with Crippen LogP contribution < -0.4 is 0 Å². The minimum absolute atomic E-state index is 0.115. The molecule has 0 spiro atoms. The number of aliphatic hydroxyl groups excluding tert-OH is 2. The van der Waals surface area contributed by atoms with Gasteiger partial charge >= 0.3 is 11.9 Å².